The van der Waals surface area contributed by atoms with Crippen LogP contribution in [-0.4, -0.2) is 5.88 Å². The molecule has 0 aromatic carbocycles. The highest BCUT2D eigenvalue weighted by Crippen LogP contribution is 2.02. The third kappa shape index (κ3) is 6.29. The Morgan fingerprint density at radius 3 is 2.12 bits per heavy atom. The smallest absolute Gasteiger partial charge is 0.0223 e. The quantitative estimate of drug-likeness (QED) is 0.400. The van der Waals surface area contributed by atoms with E-state index in [-0.39, 0.29) is 0 Å². The van der Waals surface area contributed by atoms with Gasteiger partial charge in [0.05, 0.1) is 0 Å². The lowest BCUT2D eigenvalue weighted by Gasteiger charge is -1.92. The molecule has 49 valence electrons. The molecule has 1 heteroatoms. The summed E-state index contributed by atoms with van der Waals surface area (Å²) in [6.07, 6.45) is 6.08. The Hall–Kier alpha value is 0.290. The molecule has 0 aromatic rings. The second-order valence-corrected chi connectivity index (χ2v) is 2.33. The van der Waals surface area contributed by atoms with Crippen molar-refractivity contribution in [2.45, 2.75) is 32.1 Å². The van der Waals surface area contributed by atoms with E-state index in [1.54, 1.807) is 0 Å². The molecule has 0 aliphatic heterocycles. The average molecular weight is 134 g/mol. The fraction of sp³-hybridized carbons (Fsp3) is 0.857. The minimum atomic E-state index is 0.817. The molecule has 0 saturated carbocycles. The predicted molar refractivity (Wildman–Crippen MR) is 39.2 cm³/mol. The number of hydrogen-bond acceptors (Lipinski definition) is 0. The van der Waals surface area contributed by atoms with Gasteiger partial charge in [-0.2, -0.15) is 0 Å². The molecule has 0 fully saturated rings. The Bertz CT molecular complexity index is 29.4. The van der Waals surface area contributed by atoms with Crippen LogP contribution in [-0.2, 0) is 0 Å². The van der Waals surface area contributed by atoms with Crippen molar-refractivity contribution in [3.63, 3.8) is 0 Å². The number of unbranched alkanes of at least 4 members (excludes halogenated alkanes) is 4. The van der Waals surface area contributed by atoms with Gasteiger partial charge >= 0.3 is 0 Å². The van der Waals surface area contributed by atoms with E-state index < -0.39 is 0 Å². The van der Waals surface area contributed by atoms with E-state index in [1.807, 2.05) is 0 Å². The average Bonchev–Trinajstić information content (AvgIpc) is 1.81. The summed E-state index contributed by atoms with van der Waals surface area (Å²) in [7, 11) is 0. The van der Waals surface area contributed by atoms with Crippen LogP contribution in [0, 0.1) is 6.92 Å². The first kappa shape index (κ1) is 8.29. The summed E-state index contributed by atoms with van der Waals surface area (Å²) in [5, 5.41) is 0. The Balaban J connectivity index is 2.53. The molecule has 0 N–H and O–H groups in total. The second kappa shape index (κ2) is 7.29. The highest BCUT2D eigenvalue weighted by Gasteiger charge is 1.84. The van der Waals surface area contributed by atoms with Gasteiger partial charge in [0.1, 0.15) is 0 Å². The van der Waals surface area contributed by atoms with E-state index in [2.05, 4.69) is 6.92 Å². The molecule has 0 spiro atoms. The van der Waals surface area contributed by atoms with Crippen LogP contribution in [0.2, 0.25) is 0 Å². The van der Waals surface area contributed by atoms with Gasteiger partial charge in [0.2, 0.25) is 0 Å². The van der Waals surface area contributed by atoms with E-state index in [0.717, 1.165) is 12.3 Å². The van der Waals surface area contributed by atoms with Crippen molar-refractivity contribution in [3.8, 4) is 0 Å². The molecule has 0 bridgehead atoms. The molecule has 0 aromatic heterocycles. The second-order valence-electron chi connectivity index (χ2n) is 1.96. The summed E-state index contributed by atoms with van der Waals surface area (Å²) in [5.41, 5.74) is 0. The van der Waals surface area contributed by atoms with Crippen LogP contribution >= 0.6 is 11.6 Å². The molecular formula is C7H14Cl. The zero-order valence-electron chi connectivity index (χ0n) is 5.33. The molecule has 0 aliphatic rings. The summed E-state index contributed by atoms with van der Waals surface area (Å²) in [6, 6.07) is 0. The van der Waals surface area contributed by atoms with Crippen LogP contribution in [0.5, 0.6) is 0 Å². The zero-order valence-corrected chi connectivity index (χ0v) is 6.08. The topological polar surface area (TPSA) is 0 Å². The van der Waals surface area contributed by atoms with E-state index in [0.29, 0.717) is 0 Å². The molecule has 0 saturated heterocycles. The maximum Gasteiger partial charge on any atom is 0.0223 e. The zero-order chi connectivity index (χ0) is 6.24. The molecule has 0 amide bonds. The molecule has 1 radical (unpaired) electrons. The summed E-state index contributed by atoms with van der Waals surface area (Å²) in [6.45, 7) is 3.75. The van der Waals surface area contributed by atoms with Crippen molar-refractivity contribution >= 4 is 11.6 Å². The first-order chi connectivity index (χ1) is 3.91. The maximum absolute atomic E-state index is 5.46. The van der Waals surface area contributed by atoms with Gasteiger partial charge in [-0.15, -0.1) is 11.6 Å². The molecule has 0 nitrogen and oxygen atoms in total. The van der Waals surface area contributed by atoms with Crippen molar-refractivity contribution < 1.29 is 0 Å². The van der Waals surface area contributed by atoms with Gasteiger partial charge in [-0.1, -0.05) is 32.6 Å². The molecule has 0 unspecified atom stereocenters. The van der Waals surface area contributed by atoms with Crippen LogP contribution in [0.4, 0.5) is 0 Å². The largest absolute Gasteiger partial charge is 0.127 e. The van der Waals surface area contributed by atoms with Gasteiger partial charge in [0.25, 0.3) is 0 Å². The third-order valence-electron chi connectivity index (χ3n) is 1.13. The third-order valence-corrected chi connectivity index (χ3v) is 1.40. The monoisotopic (exact) mass is 133 g/mol. The highest BCUT2D eigenvalue weighted by atomic mass is 35.5. The normalized spacial score (nSPS) is 9.75. The van der Waals surface area contributed by atoms with Crippen LogP contribution in [0.25, 0.3) is 0 Å². The Morgan fingerprint density at radius 1 is 1.00 bits per heavy atom. The van der Waals surface area contributed by atoms with E-state index in [9.17, 15) is 0 Å². The number of halogens is 1. The summed E-state index contributed by atoms with van der Waals surface area (Å²) in [4.78, 5) is 0. The van der Waals surface area contributed by atoms with Crippen LogP contribution in [0.15, 0.2) is 0 Å². The fourth-order valence-electron chi connectivity index (χ4n) is 0.625. The van der Waals surface area contributed by atoms with Crippen molar-refractivity contribution in [2.24, 2.45) is 0 Å². The van der Waals surface area contributed by atoms with E-state index in [1.165, 1.54) is 25.7 Å². The first-order valence-electron chi connectivity index (χ1n) is 3.27. The Kier molecular flexibility index (Phi) is 7.55. The minimum absolute atomic E-state index is 0.817. The lowest BCUT2D eigenvalue weighted by atomic mass is 10.2. The van der Waals surface area contributed by atoms with Crippen molar-refractivity contribution in [1.82, 2.24) is 0 Å². The molecule has 0 heterocycles. The standard InChI is InChI=1S/C7H14Cl/c1-2-3-4-5-6-7-8/h1-7H2. The summed E-state index contributed by atoms with van der Waals surface area (Å²) >= 11 is 5.46. The first-order valence-corrected chi connectivity index (χ1v) is 3.80. The van der Waals surface area contributed by atoms with Gasteiger partial charge in [0, 0.05) is 5.88 Å². The van der Waals surface area contributed by atoms with E-state index >= 15 is 0 Å². The predicted octanol–water partition coefficient (Wildman–Crippen LogP) is 3.01. The van der Waals surface area contributed by atoms with E-state index in [4.69, 9.17) is 11.6 Å². The van der Waals surface area contributed by atoms with Gasteiger partial charge < -0.3 is 0 Å². The molecular weight excluding hydrogens is 120 g/mol. The minimum Gasteiger partial charge on any atom is -0.127 e. The van der Waals surface area contributed by atoms with Crippen LogP contribution < -0.4 is 0 Å². The molecule has 8 heavy (non-hydrogen) atoms. The summed E-state index contributed by atoms with van der Waals surface area (Å²) in [5.74, 6) is 0.817. The lowest BCUT2D eigenvalue weighted by Crippen LogP contribution is -1.76. The highest BCUT2D eigenvalue weighted by molar-refractivity contribution is 6.17. The van der Waals surface area contributed by atoms with Crippen molar-refractivity contribution in [3.05, 3.63) is 6.92 Å². The van der Waals surface area contributed by atoms with Gasteiger partial charge in [-0.25, -0.2) is 0 Å². The van der Waals surface area contributed by atoms with Gasteiger partial charge in [-0.3, -0.25) is 0 Å². The van der Waals surface area contributed by atoms with Crippen molar-refractivity contribution in [1.29, 1.82) is 0 Å². The van der Waals surface area contributed by atoms with Crippen molar-refractivity contribution in [2.75, 3.05) is 5.88 Å². The maximum atomic E-state index is 5.46. The lowest BCUT2D eigenvalue weighted by molar-refractivity contribution is 0.676. The molecule has 0 atom stereocenters. The Labute approximate surface area is 57.2 Å². The number of rotatable bonds is 5. The number of hydrogen-bond donors (Lipinski definition) is 0. The fourth-order valence-corrected chi connectivity index (χ4v) is 0.814. The summed E-state index contributed by atoms with van der Waals surface area (Å²) < 4.78 is 0. The Morgan fingerprint density at radius 2 is 1.62 bits per heavy atom. The van der Waals surface area contributed by atoms with Gasteiger partial charge in [-0.05, 0) is 6.42 Å². The molecule has 0 aliphatic carbocycles. The van der Waals surface area contributed by atoms with Crippen LogP contribution in [0.3, 0.4) is 0 Å². The SMILES string of the molecule is [CH2]CCCCCCCl. The molecule has 0 rings (SSSR count). The number of alkyl halides is 1. The van der Waals surface area contributed by atoms with Crippen LogP contribution in [0.1, 0.15) is 32.1 Å². The van der Waals surface area contributed by atoms with Gasteiger partial charge in [0.15, 0.2) is 0 Å².